The van der Waals surface area contributed by atoms with Gasteiger partial charge in [0.1, 0.15) is 5.75 Å². The van der Waals surface area contributed by atoms with Crippen LogP contribution in [0.2, 0.25) is 0 Å². The number of benzene rings is 3. The van der Waals surface area contributed by atoms with Gasteiger partial charge in [-0.05, 0) is 71.7 Å². The van der Waals surface area contributed by atoms with E-state index >= 15 is 0 Å². The second-order valence-electron chi connectivity index (χ2n) is 8.86. The summed E-state index contributed by atoms with van der Waals surface area (Å²) in [6.07, 6.45) is 3.10. The van der Waals surface area contributed by atoms with Gasteiger partial charge in [0.2, 0.25) is 5.75 Å². The largest absolute Gasteiger partial charge is 0.493 e. The number of methoxy groups -OCH3 is 3. The topological polar surface area (TPSA) is 71.1 Å². The molecule has 6 nitrogen and oxygen atoms in total. The fraction of sp³-hybridized carbons (Fsp3) is 0.241. The molecule has 0 saturated heterocycles. The standard InChI is InChI=1S/C29H30O6/c1-29(2,3)22-13-7-21(8-14-22)28(31)35-23-15-9-19(10-16-23)24(30)17-11-20-12-18-25(32-4)27(34-6)26(20)33-5/h7-18H,1-6H3. The van der Waals surface area contributed by atoms with Crippen molar-refractivity contribution in [2.24, 2.45) is 0 Å². The lowest BCUT2D eigenvalue weighted by Crippen LogP contribution is -2.13. The van der Waals surface area contributed by atoms with E-state index in [0.717, 1.165) is 5.56 Å². The Labute approximate surface area is 206 Å². The predicted octanol–water partition coefficient (Wildman–Crippen LogP) is 6.13. The zero-order valence-corrected chi connectivity index (χ0v) is 20.9. The van der Waals surface area contributed by atoms with E-state index in [1.165, 1.54) is 20.3 Å². The Hall–Kier alpha value is -4.06. The Morgan fingerprint density at radius 3 is 1.86 bits per heavy atom. The summed E-state index contributed by atoms with van der Waals surface area (Å²) in [5.74, 6) is 1.14. The van der Waals surface area contributed by atoms with Crippen LogP contribution in [0.25, 0.3) is 6.08 Å². The lowest BCUT2D eigenvalue weighted by Gasteiger charge is -2.18. The van der Waals surface area contributed by atoms with Gasteiger partial charge in [0.25, 0.3) is 0 Å². The van der Waals surface area contributed by atoms with Gasteiger partial charge in [-0.2, -0.15) is 0 Å². The van der Waals surface area contributed by atoms with Gasteiger partial charge >= 0.3 is 5.97 Å². The average Bonchev–Trinajstić information content (AvgIpc) is 2.86. The number of allylic oxidation sites excluding steroid dienone is 1. The number of ketones is 1. The number of carbonyl (C=O) groups is 2. The molecule has 3 aromatic rings. The van der Waals surface area contributed by atoms with Crippen LogP contribution in [0.3, 0.4) is 0 Å². The molecular weight excluding hydrogens is 444 g/mol. The zero-order valence-electron chi connectivity index (χ0n) is 20.9. The molecule has 0 N–H and O–H groups in total. The van der Waals surface area contributed by atoms with Crippen LogP contribution in [0.4, 0.5) is 0 Å². The van der Waals surface area contributed by atoms with E-state index < -0.39 is 5.97 Å². The lowest BCUT2D eigenvalue weighted by atomic mass is 9.87. The smallest absolute Gasteiger partial charge is 0.343 e. The van der Waals surface area contributed by atoms with Crippen molar-refractivity contribution in [1.82, 2.24) is 0 Å². The number of hydrogen-bond donors (Lipinski definition) is 0. The quantitative estimate of drug-likeness (QED) is 0.169. The second kappa shape index (κ2) is 10.9. The molecule has 0 amide bonds. The highest BCUT2D eigenvalue weighted by Gasteiger charge is 2.16. The molecule has 0 atom stereocenters. The highest BCUT2D eigenvalue weighted by atomic mass is 16.5. The van der Waals surface area contributed by atoms with Crippen molar-refractivity contribution in [3.63, 3.8) is 0 Å². The van der Waals surface area contributed by atoms with Crippen LogP contribution in [-0.4, -0.2) is 33.1 Å². The first kappa shape index (κ1) is 25.6. The minimum atomic E-state index is -0.454. The molecule has 182 valence electrons. The van der Waals surface area contributed by atoms with Crippen LogP contribution >= 0.6 is 0 Å². The first-order valence-corrected chi connectivity index (χ1v) is 11.1. The van der Waals surface area contributed by atoms with Gasteiger partial charge in [-0.15, -0.1) is 0 Å². The van der Waals surface area contributed by atoms with E-state index in [0.29, 0.717) is 39.7 Å². The molecule has 0 fully saturated rings. The van der Waals surface area contributed by atoms with Gasteiger partial charge in [0.15, 0.2) is 17.3 Å². The summed E-state index contributed by atoms with van der Waals surface area (Å²) in [7, 11) is 4.59. The SMILES string of the molecule is COc1ccc(C=CC(=O)c2ccc(OC(=O)c3ccc(C(C)(C)C)cc3)cc2)c(OC)c1OC. The predicted molar refractivity (Wildman–Crippen MR) is 136 cm³/mol. The molecule has 0 aromatic heterocycles. The number of hydrogen-bond acceptors (Lipinski definition) is 6. The van der Waals surface area contributed by atoms with E-state index in [9.17, 15) is 9.59 Å². The molecule has 0 aliphatic rings. The van der Waals surface area contributed by atoms with Crippen LogP contribution < -0.4 is 18.9 Å². The minimum Gasteiger partial charge on any atom is -0.493 e. The van der Waals surface area contributed by atoms with Crippen LogP contribution in [0, 0.1) is 0 Å². The van der Waals surface area contributed by atoms with E-state index in [4.69, 9.17) is 18.9 Å². The monoisotopic (exact) mass is 474 g/mol. The Morgan fingerprint density at radius 1 is 0.714 bits per heavy atom. The number of esters is 1. The maximum absolute atomic E-state index is 12.7. The van der Waals surface area contributed by atoms with Crippen molar-refractivity contribution in [2.75, 3.05) is 21.3 Å². The normalized spacial score (nSPS) is 11.3. The van der Waals surface area contributed by atoms with Crippen LogP contribution in [0.5, 0.6) is 23.0 Å². The molecule has 0 spiro atoms. The van der Waals surface area contributed by atoms with Crippen molar-refractivity contribution >= 4 is 17.8 Å². The summed E-state index contributed by atoms with van der Waals surface area (Å²) in [5.41, 5.74) is 2.72. The third kappa shape index (κ3) is 6.09. The summed E-state index contributed by atoms with van der Waals surface area (Å²) in [5, 5.41) is 0. The Kier molecular flexibility index (Phi) is 7.97. The minimum absolute atomic E-state index is 0.00379. The second-order valence-corrected chi connectivity index (χ2v) is 8.86. The zero-order chi connectivity index (χ0) is 25.6. The maximum atomic E-state index is 12.7. The Balaban J connectivity index is 1.69. The van der Waals surface area contributed by atoms with Crippen molar-refractivity contribution in [3.8, 4) is 23.0 Å². The molecule has 35 heavy (non-hydrogen) atoms. The molecule has 3 aromatic carbocycles. The molecule has 6 heteroatoms. The van der Waals surface area contributed by atoms with Gasteiger partial charge in [0.05, 0.1) is 26.9 Å². The van der Waals surface area contributed by atoms with Crippen LogP contribution in [0.1, 0.15) is 52.6 Å². The van der Waals surface area contributed by atoms with Crippen molar-refractivity contribution < 1.29 is 28.5 Å². The lowest BCUT2D eigenvalue weighted by molar-refractivity contribution is 0.0734. The van der Waals surface area contributed by atoms with Crippen molar-refractivity contribution in [2.45, 2.75) is 26.2 Å². The van der Waals surface area contributed by atoms with Crippen molar-refractivity contribution in [3.05, 3.63) is 89.0 Å². The molecule has 0 unspecified atom stereocenters. The third-order valence-electron chi connectivity index (χ3n) is 5.48. The van der Waals surface area contributed by atoms with Gasteiger partial charge in [-0.1, -0.05) is 32.9 Å². The third-order valence-corrected chi connectivity index (χ3v) is 5.48. The molecule has 0 heterocycles. The van der Waals surface area contributed by atoms with Gasteiger partial charge in [-0.3, -0.25) is 4.79 Å². The van der Waals surface area contributed by atoms with Gasteiger partial charge in [0, 0.05) is 11.1 Å². The highest BCUT2D eigenvalue weighted by molar-refractivity contribution is 6.07. The molecule has 0 aliphatic heterocycles. The number of rotatable bonds is 8. The van der Waals surface area contributed by atoms with E-state index in [1.54, 1.807) is 61.7 Å². The Bertz CT molecular complexity index is 1220. The van der Waals surface area contributed by atoms with Gasteiger partial charge < -0.3 is 18.9 Å². The molecule has 0 aliphatic carbocycles. The Morgan fingerprint density at radius 2 is 1.31 bits per heavy atom. The van der Waals surface area contributed by atoms with E-state index in [1.807, 2.05) is 12.1 Å². The summed E-state index contributed by atoms with van der Waals surface area (Å²) in [6, 6.07) is 17.3. The van der Waals surface area contributed by atoms with E-state index in [-0.39, 0.29) is 11.2 Å². The fourth-order valence-corrected chi connectivity index (χ4v) is 3.48. The maximum Gasteiger partial charge on any atom is 0.343 e. The molecule has 0 saturated carbocycles. The molecular formula is C29H30O6. The summed E-state index contributed by atoms with van der Waals surface area (Å²) in [6.45, 7) is 6.34. The van der Waals surface area contributed by atoms with Crippen molar-refractivity contribution in [1.29, 1.82) is 0 Å². The average molecular weight is 475 g/mol. The summed E-state index contributed by atoms with van der Waals surface area (Å²) in [4.78, 5) is 25.2. The van der Waals surface area contributed by atoms with Crippen LogP contribution in [0.15, 0.2) is 66.7 Å². The molecule has 3 rings (SSSR count). The van der Waals surface area contributed by atoms with Gasteiger partial charge in [-0.25, -0.2) is 4.79 Å². The summed E-state index contributed by atoms with van der Waals surface area (Å²) >= 11 is 0. The molecule has 0 radical (unpaired) electrons. The first-order chi connectivity index (χ1) is 16.7. The molecule has 0 bridgehead atoms. The summed E-state index contributed by atoms with van der Waals surface area (Å²) < 4.78 is 21.6. The van der Waals surface area contributed by atoms with E-state index in [2.05, 4.69) is 20.8 Å². The number of carbonyl (C=O) groups excluding carboxylic acids is 2. The van der Waals surface area contributed by atoms with Crippen LogP contribution in [-0.2, 0) is 5.41 Å². The fourth-order valence-electron chi connectivity index (χ4n) is 3.48. The number of ether oxygens (including phenoxy) is 4. The highest BCUT2D eigenvalue weighted by Crippen LogP contribution is 2.40. The first-order valence-electron chi connectivity index (χ1n) is 11.1.